The highest BCUT2D eigenvalue weighted by molar-refractivity contribution is 5.78. The van der Waals surface area contributed by atoms with Crippen molar-refractivity contribution in [3.8, 4) is 11.5 Å². The maximum absolute atomic E-state index is 12.2. The van der Waals surface area contributed by atoms with E-state index in [9.17, 15) is 4.79 Å². The molecule has 0 spiro atoms. The van der Waals surface area contributed by atoms with Crippen molar-refractivity contribution >= 4 is 5.91 Å². The molecular formula is C15H21NO4. The third-order valence-corrected chi connectivity index (χ3v) is 3.36. The number of carbonyl (C=O) groups is 1. The summed E-state index contributed by atoms with van der Waals surface area (Å²) >= 11 is 0. The third-order valence-electron chi connectivity index (χ3n) is 3.36. The van der Waals surface area contributed by atoms with Crippen molar-refractivity contribution in [3.63, 3.8) is 0 Å². The second-order valence-electron chi connectivity index (χ2n) is 5.02. The Balaban J connectivity index is 2.28. The molecule has 1 heterocycles. The minimum Gasteiger partial charge on any atom is -0.493 e. The zero-order valence-electron chi connectivity index (χ0n) is 12.4. The summed E-state index contributed by atoms with van der Waals surface area (Å²) in [6.07, 6.45) is -0.343. The second-order valence-corrected chi connectivity index (χ2v) is 5.02. The van der Waals surface area contributed by atoms with Crippen LogP contribution in [0.15, 0.2) is 18.2 Å². The maximum Gasteiger partial charge on any atom is 0.227 e. The summed E-state index contributed by atoms with van der Waals surface area (Å²) in [6.45, 7) is 4.96. The molecule has 0 saturated carbocycles. The number of hydrogen-bond acceptors (Lipinski definition) is 4. The van der Waals surface area contributed by atoms with Crippen LogP contribution in [0.3, 0.4) is 0 Å². The highest BCUT2D eigenvalue weighted by Crippen LogP contribution is 2.34. The van der Waals surface area contributed by atoms with E-state index in [1.165, 1.54) is 0 Å². The summed E-state index contributed by atoms with van der Waals surface area (Å²) in [4.78, 5) is 14.0. The monoisotopic (exact) mass is 279 g/mol. The van der Waals surface area contributed by atoms with E-state index in [1.54, 1.807) is 19.1 Å². The van der Waals surface area contributed by atoms with E-state index < -0.39 is 0 Å². The van der Waals surface area contributed by atoms with Gasteiger partial charge in [0.05, 0.1) is 20.8 Å². The molecule has 5 nitrogen and oxygen atoms in total. The second kappa shape index (κ2) is 6.13. The predicted octanol–water partition coefficient (Wildman–Crippen LogP) is 2.22. The quantitative estimate of drug-likeness (QED) is 0.848. The van der Waals surface area contributed by atoms with Crippen LogP contribution >= 0.6 is 0 Å². The molecule has 0 aliphatic carbocycles. The average Bonchev–Trinajstić information content (AvgIpc) is 2.94. The van der Waals surface area contributed by atoms with Gasteiger partial charge in [-0.25, -0.2) is 0 Å². The van der Waals surface area contributed by atoms with Gasteiger partial charge < -0.3 is 19.1 Å². The molecule has 20 heavy (non-hydrogen) atoms. The summed E-state index contributed by atoms with van der Waals surface area (Å²) in [5.74, 6) is 1.36. The molecule has 1 fully saturated rings. The van der Waals surface area contributed by atoms with E-state index >= 15 is 0 Å². The van der Waals surface area contributed by atoms with Gasteiger partial charge in [0.2, 0.25) is 5.91 Å². The van der Waals surface area contributed by atoms with E-state index in [1.807, 2.05) is 32.0 Å². The molecule has 2 rings (SSSR count). The summed E-state index contributed by atoms with van der Waals surface area (Å²) in [7, 11) is 3.19. The molecule has 110 valence electrons. The minimum atomic E-state index is -0.343. The van der Waals surface area contributed by atoms with Crippen LogP contribution in [0, 0.1) is 5.92 Å². The van der Waals surface area contributed by atoms with Gasteiger partial charge in [-0.2, -0.15) is 0 Å². The standard InChI is InChI=1S/C15H21NO4/c1-10(2)14(17)16-7-8-20-15(16)11-5-6-12(18-3)13(9-11)19-4/h5-6,9-10,15H,7-8H2,1-4H3. The Morgan fingerprint density at radius 3 is 2.60 bits per heavy atom. The van der Waals surface area contributed by atoms with Crippen LogP contribution in [-0.2, 0) is 9.53 Å². The van der Waals surface area contributed by atoms with Gasteiger partial charge in [0, 0.05) is 18.0 Å². The lowest BCUT2D eigenvalue weighted by Crippen LogP contribution is -2.34. The van der Waals surface area contributed by atoms with Crippen molar-refractivity contribution in [1.82, 2.24) is 4.90 Å². The molecule has 1 unspecified atom stereocenters. The normalized spacial score (nSPS) is 18.4. The predicted molar refractivity (Wildman–Crippen MR) is 74.8 cm³/mol. The summed E-state index contributed by atoms with van der Waals surface area (Å²) in [5.41, 5.74) is 0.897. The van der Waals surface area contributed by atoms with Crippen LogP contribution in [0.4, 0.5) is 0 Å². The molecule has 0 radical (unpaired) electrons. The van der Waals surface area contributed by atoms with Crippen LogP contribution in [0.2, 0.25) is 0 Å². The van der Waals surface area contributed by atoms with E-state index in [0.717, 1.165) is 5.56 Å². The zero-order chi connectivity index (χ0) is 14.7. The third kappa shape index (κ3) is 2.72. The molecule has 0 N–H and O–H groups in total. The number of rotatable bonds is 4. The molecule has 0 aromatic heterocycles. The largest absolute Gasteiger partial charge is 0.493 e. The molecule has 1 aromatic carbocycles. The van der Waals surface area contributed by atoms with Gasteiger partial charge in [0.25, 0.3) is 0 Å². The fourth-order valence-electron chi connectivity index (χ4n) is 2.31. The molecule has 1 amide bonds. The van der Waals surface area contributed by atoms with Crippen LogP contribution in [-0.4, -0.2) is 38.2 Å². The molecule has 1 saturated heterocycles. The van der Waals surface area contributed by atoms with Gasteiger partial charge in [-0.05, 0) is 12.1 Å². The first-order valence-electron chi connectivity index (χ1n) is 6.72. The first-order chi connectivity index (χ1) is 9.58. The molecule has 1 aliphatic rings. The highest BCUT2D eigenvalue weighted by atomic mass is 16.5. The highest BCUT2D eigenvalue weighted by Gasteiger charge is 2.32. The van der Waals surface area contributed by atoms with Gasteiger partial charge in [-0.3, -0.25) is 4.79 Å². The van der Waals surface area contributed by atoms with Crippen molar-refractivity contribution < 1.29 is 19.0 Å². The number of methoxy groups -OCH3 is 2. The van der Waals surface area contributed by atoms with Crippen molar-refractivity contribution in [2.45, 2.75) is 20.1 Å². The number of ether oxygens (including phenoxy) is 3. The number of amides is 1. The fraction of sp³-hybridized carbons (Fsp3) is 0.533. The molecule has 1 aromatic rings. The Morgan fingerprint density at radius 1 is 1.30 bits per heavy atom. The van der Waals surface area contributed by atoms with Gasteiger partial charge in [0.15, 0.2) is 17.7 Å². The van der Waals surface area contributed by atoms with Crippen molar-refractivity contribution in [2.75, 3.05) is 27.4 Å². The molecule has 1 aliphatic heterocycles. The van der Waals surface area contributed by atoms with Gasteiger partial charge in [-0.1, -0.05) is 19.9 Å². The van der Waals surface area contributed by atoms with E-state index in [2.05, 4.69) is 0 Å². The van der Waals surface area contributed by atoms with Gasteiger partial charge >= 0.3 is 0 Å². The Morgan fingerprint density at radius 2 is 2.00 bits per heavy atom. The summed E-state index contributed by atoms with van der Waals surface area (Å²) in [6, 6.07) is 5.58. The van der Waals surface area contributed by atoms with Crippen LogP contribution in [0.1, 0.15) is 25.6 Å². The van der Waals surface area contributed by atoms with Crippen LogP contribution < -0.4 is 9.47 Å². The lowest BCUT2D eigenvalue weighted by Gasteiger charge is -2.25. The topological polar surface area (TPSA) is 48.0 Å². The zero-order valence-corrected chi connectivity index (χ0v) is 12.4. The van der Waals surface area contributed by atoms with Crippen molar-refractivity contribution in [2.24, 2.45) is 5.92 Å². The van der Waals surface area contributed by atoms with Gasteiger partial charge in [0.1, 0.15) is 0 Å². The Hall–Kier alpha value is -1.75. The Labute approximate surface area is 119 Å². The minimum absolute atomic E-state index is 0.0423. The summed E-state index contributed by atoms with van der Waals surface area (Å²) < 4.78 is 16.2. The fourth-order valence-corrected chi connectivity index (χ4v) is 2.31. The number of carbonyl (C=O) groups excluding carboxylic acids is 1. The smallest absolute Gasteiger partial charge is 0.227 e. The molecule has 5 heteroatoms. The average molecular weight is 279 g/mol. The molecule has 1 atom stereocenters. The van der Waals surface area contributed by atoms with Crippen molar-refractivity contribution in [1.29, 1.82) is 0 Å². The van der Waals surface area contributed by atoms with Crippen LogP contribution in [0.5, 0.6) is 11.5 Å². The van der Waals surface area contributed by atoms with Gasteiger partial charge in [-0.15, -0.1) is 0 Å². The lowest BCUT2D eigenvalue weighted by molar-refractivity contribution is -0.139. The molecule has 0 bridgehead atoms. The number of nitrogens with zero attached hydrogens (tertiary/aromatic N) is 1. The first kappa shape index (κ1) is 14.7. The summed E-state index contributed by atoms with van der Waals surface area (Å²) in [5, 5.41) is 0. The first-order valence-corrected chi connectivity index (χ1v) is 6.72. The van der Waals surface area contributed by atoms with E-state index in [-0.39, 0.29) is 18.1 Å². The number of hydrogen-bond donors (Lipinski definition) is 0. The number of benzene rings is 1. The van der Waals surface area contributed by atoms with E-state index in [4.69, 9.17) is 14.2 Å². The maximum atomic E-state index is 12.2. The lowest BCUT2D eigenvalue weighted by atomic mass is 10.1. The molecular weight excluding hydrogens is 258 g/mol. The Kier molecular flexibility index (Phi) is 4.49. The van der Waals surface area contributed by atoms with E-state index in [0.29, 0.717) is 24.7 Å². The van der Waals surface area contributed by atoms with Crippen LogP contribution in [0.25, 0.3) is 0 Å². The SMILES string of the molecule is COc1ccc(C2OCCN2C(=O)C(C)C)cc1OC. The van der Waals surface area contributed by atoms with Crippen molar-refractivity contribution in [3.05, 3.63) is 23.8 Å². The Bertz CT molecular complexity index is 487.